The minimum atomic E-state index is -0.443. The van der Waals surface area contributed by atoms with Gasteiger partial charge in [-0.15, -0.1) is 0 Å². The monoisotopic (exact) mass is 339 g/mol. The fourth-order valence-electron chi connectivity index (χ4n) is 2.86. The Morgan fingerprint density at radius 1 is 1.28 bits per heavy atom. The van der Waals surface area contributed by atoms with Crippen molar-refractivity contribution in [1.82, 2.24) is 5.01 Å². The molecular weight excluding hydrogens is 322 g/mol. The molecule has 1 aliphatic heterocycles. The zero-order valence-corrected chi connectivity index (χ0v) is 13.9. The molecule has 128 valence electrons. The van der Waals surface area contributed by atoms with Gasteiger partial charge in [0.1, 0.15) is 5.75 Å². The van der Waals surface area contributed by atoms with Crippen molar-refractivity contribution in [1.29, 1.82) is 0 Å². The molecule has 1 aliphatic rings. The lowest BCUT2D eigenvalue weighted by Gasteiger charge is -2.20. The highest BCUT2D eigenvalue weighted by Gasteiger charge is 2.32. The van der Waals surface area contributed by atoms with E-state index in [-0.39, 0.29) is 17.6 Å². The molecule has 1 heterocycles. The van der Waals surface area contributed by atoms with E-state index >= 15 is 0 Å². The second-order valence-corrected chi connectivity index (χ2v) is 5.71. The zero-order chi connectivity index (χ0) is 18.0. The number of benzene rings is 2. The summed E-state index contributed by atoms with van der Waals surface area (Å²) in [5.74, 6) is 0.529. The Morgan fingerprint density at radius 3 is 2.60 bits per heavy atom. The first-order valence-corrected chi connectivity index (χ1v) is 7.75. The molecule has 0 bridgehead atoms. The number of nitro benzene ring substituents is 1. The van der Waals surface area contributed by atoms with Gasteiger partial charge >= 0.3 is 0 Å². The van der Waals surface area contributed by atoms with Gasteiger partial charge < -0.3 is 4.74 Å². The molecule has 0 radical (unpaired) electrons. The standard InChI is InChI=1S/C18H17N3O4/c1-12(22)20-18(14-4-3-5-15(10-14)21(23)24)11-17(19-20)13-6-8-16(25-2)9-7-13/h3-10,18H,11H2,1-2H3/t18-/m1/s1. The van der Waals surface area contributed by atoms with Crippen LogP contribution in [0.4, 0.5) is 5.69 Å². The van der Waals surface area contributed by atoms with Crippen LogP contribution in [0.3, 0.4) is 0 Å². The van der Waals surface area contributed by atoms with Crippen LogP contribution in [0.2, 0.25) is 0 Å². The van der Waals surface area contributed by atoms with Gasteiger partial charge in [-0.1, -0.05) is 12.1 Å². The number of hydrazone groups is 1. The van der Waals surface area contributed by atoms with Crippen LogP contribution in [0.1, 0.15) is 30.5 Å². The Kier molecular flexibility index (Phi) is 4.47. The van der Waals surface area contributed by atoms with Crippen LogP contribution >= 0.6 is 0 Å². The number of carbonyl (C=O) groups is 1. The number of methoxy groups -OCH3 is 1. The number of carbonyl (C=O) groups excluding carboxylic acids is 1. The van der Waals surface area contributed by atoms with E-state index in [1.807, 2.05) is 24.3 Å². The van der Waals surface area contributed by atoms with Gasteiger partial charge in [0.25, 0.3) is 5.69 Å². The smallest absolute Gasteiger partial charge is 0.269 e. The number of nitro groups is 1. The van der Waals surface area contributed by atoms with Crippen LogP contribution in [0.15, 0.2) is 53.6 Å². The number of hydrogen-bond acceptors (Lipinski definition) is 5. The maximum atomic E-state index is 12.0. The van der Waals surface area contributed by atoms with E-state index in [9.17, 15) is 14.9 Å². The summed E-state index contributed by atoms with van der Waals surface area (Å²) in [6, 6.07) is 13.4. The third-order valence-electron chi connectivity index (χ3n) is 4.12. The third-order valence-corrected chi connectivity index (χ3v) is 4.12. The van der Waals surface area contributed by atoms with E-state index < -0.39 is 4.92 Å². The van der Waals surface area contributed by atoms with Gasteiger partial charge in [0, 0.05) is 25.5 Å². The lowest BCUT2D eigenvalue weighted by molar-refractivity contribution is -0.384. The molecule has 2 aromatic rings. The maximum absolute atomic E-state index is 12.0. The molecule has 7 heteroatoms. The van der Waals surface area contributed by atoms with Crippen molar-refractivity contribution in [2.45, 2.75) is 19.4 Å². The molecule has 1 amide bonds. The molecule has 7 nitrogen and oxygen atoms in total. The molecule has 0 saturated heterocycles. The molecular formula is C18H17N3O4. The highest BCUT2D eigenvalue weighted by Crippen LogP contribution is 2.34. The highest BCUT2D eigenvalue weighted by atomic mass is 16.6. The molecule has 1 atom stereocenters. The predicted molar refractivity (Wildman–Crippen MR) is 92.5 cm³/mol. The van der Waals surface area contributed by atoms with Crippen molar-refractivity contribution in [3.8, 4) is 5.75 Å². The molecule has 0 spiro atoms. The van der Waals surface area contributed by atoms with E-state index in [1.165, 1.54) is 24.1 Å². The molecule has 25 heavy (non-hydrogen) atoms. The van der Waals surface area contributed by atoms with Gasteiger partial charge in [-0.2, -0.15) is 5.10 Å². The first-order chi connectivity index (χ1) is 12.0. The Balaban J connectivity index is 1.92. The van der Waals surface area contributed by atoms with Crippen molar-refractivity contribution < 1.29 is 14.5 Å². The lowest BCUT2D eigenvalue weighted by atomic mass is 9.98. The molecule has 2 aromatic carbocycles. The molecule has 3 rings (SSSR count). The molecule has 0 fully saturated rings. The van der Waals surface area contributed by atoms with Gasteiger partial charge in [-0.05, 0) is 35.4 Å². The summed E-state index contributed by atoms with van der Waals surface area (Å²) >= 11 is 0. The van der Waals surface area contributed by atoms with Crippen LogP contribution in [0, 0.1) is 10.1 Å². The van der Waals surface area contributed by atoms with Gasteiger partial charge in [-0.25, -0.2) is 5.01 Å². The quantitative estimate of drug-likeness (QED) is 0.632. The van der Waals surface area contributed by atoms with Gasteiger partial charge in [0.05, 0.1) is 23.8 Å². The molecule has 0 saturated carbocycles. The second-order valence-electron chi connectivity index (χ2n) is 5.71. The average Bonchev–Trinajstić information content (AvgIpc) is 3.07. The third kappa shape index (κ3) is 3.35. The first-order valence-electron chi connectivity index (χ1n) is 7.75. The average molecular weight is 339 g/mol. The number of rotatable bonds is 4. The van der Waals surface area contributed by atoms with Crippen LogP contribution in [-0.2, 0) is 4.79 Å². The highest BCUT2D eigenvalue weighted by molar-refractivity contribution is 6.03. The first kappa shape index (κ1) is 16.6. The van der Waals surface area contributed by atoms with Crippen molar-refractivity contribution in [2.24, 2.45) is 5.10 Å². The Bertz CT molecular complexity index is 846. The minimum Gasteiger partial charge on any atom is -0.497 e. The summed E-state index contributed by atoms with van der Waals surface area (Å²) in [7, 11) is 1.60. The fraction of sp³-hybridized carbons (Fsp3) is 0.222. The van der Waals surface area contributed by atoms with Crippen LogP contribution in [0.25, 0.3) is 0 Å². The van der Waals surface area contributed by atoms with Crippen molar-refractivity contribution in [2.75, 3.05) is 7.11 Å². The van der Waals surface area contributed by atoms with Crippen molar-refractivity contribution in [3.63, 3.8) is 0 Å². The van der Waals surface area contributed by atoms with E-state index in [2.05, 4.69) is 5.10 Å². The predicted octanol–water partition coefficient (Wildman–Crippen LogP) is 3.30. The van der Waals surface area contributed by atoms with Crippen LogP contribution in [-0.4, -0.2) is 28.7 Å². The topological polar surface area (TPSA) is 85.0 Å². The maximum Gasteiger partial charge on any atom is 0.269 e. The second kappa shape index (κ2) is 6.72. The fourth-order valence-corrected chi connectivity index (χ4v) is 2.86. The Hall–Kier alpha value is -3.22. The molecule has 0 N–H and O–H groups in total. The summed E-state index contributed by atoms with van der Waals surface area (Å²) in [5, 5.41) is 16.8. The summed E-state index contributed by atoms with van der Waals surface area (Å²) < 4.78 is 5.15. The SMILES string of the molecule is COc1ccc(C2=NN(C(C)=O)[C@@H](c3cccc([N+](=O)[O-])c3)C2)cc1. The summed E-state index contributed by atoms with van der Waals surface area (Å²) in [5.41, 5.74) is 2.34. The van der Waals surface area contributed by atoms with E-state index in [4.69, 9.17) is 4.74 Å². The lowest BCUT2D eigenvalue weighted by Crippen LogP contribution is -2.24. The normalized spacial score (nSPS) is 16.5. The van der Waals surface area contributed by atoms with Gasteiger partial charge in [0.2, 0.25) is 5.91 Å². The van der Waals surface area contributed by atoms with Crippen molar-refractivity contribution in [3.05, 3.63) is 69.8 Å². The number of hydrogen-bond donors (Lipinski definition) is 0. The van der Waals surface area contributed by atoms with Crippen molar-refractivity contribution >= 4 is 17.3 Å². The van der Waals surface area contributed by atoms with Gasteiger partial charge in [0.15, 0.2) is 0 Å². The summed E-state index contributed by atoms with van der Waals surface area (Å²) in [6.07, 6.45) is 0.493. The van der Waals surface area contributed by atoms with E-state index in [0.717, 1.165) is 17.0 Å². The van der Waals surface area contributed by atoms with E-state index in [0.29, 0.717) is 12.0 Å². The Labute approximate surface area is 144 Å². The van der Waals surface area contributed by atoms with E-state index in [1.54, 1.807) is 19.2 Å². The number of ether oxygens (including phenoxy) is 1. The summed E-state index contributed by atoms with van der Waals surface area (Å²) in [6.45, 7) is 1.44. The number of non-ortho nitro benzene ring substituents is 1. The largest absolute Gasteiger partial charge is 0.497 e. The summed E-state index contributed by atoms with van der Waals surface area (Å²) in [4.78, 5) is 22.6. The number of amides is 1. The number of nitrogens with zero attached hydrogens (tertiary/aromatic N) is 3. The molecule has 0 unspecified atom stereocenters. The van der Waals surface area contributed by atoms with Crippen LogP contribution < -0.4 is 4.74 Å². The molecule has 0 aromatic heterocycles. The van der Waals surface area contributed by atoms with Crippen LogP contribution in [0.5, 0.6) is 5.75 Å². The molecule has 0 aliphatic carbocycles. The zero-order valence-electron chi connectivity index (χ0n) is 13.9. The van der Waals surface area contributed by atoms with Gasteiger partial charge in [-0.3, -0.25) is 14.9 Å². The minimum absolute atomic E-state index is 0.00102. The Morgan fingerprint density at radius 2 is 2.00 bits per heavy atom.